The number of halogens is 2. The van der Waals surface area contributed by atoms with Gasteiger partial charge in [-0.05, 0) is 97.9 Å². The Balaban J connectivity index is 1.03. The highest BCUT2D eigenvalue weighted by Crippen LogP contribution is 2.33. The maximum Gasteiger partial charge on any atom is 0.211 e. The molecule has 0 aliphatic carbocycles. The zero-order valence-electron chi connectivity index (χ0n) is 30.1. The second kappa shape index (κ2) is 17.0. The molecular weight excluding hydrogens is 721 g/mol. The molecule has 0 radical (unpaired) electrons. The van der Waals surface area contributed by atoms with Crippen molar-refractivity contribution in [2.45, 2.75) is 57.8 Å². The average Bonchev–Trinajstić information content (AvgIpc) is 3.54. The molecule has 5 aromatic rings. The number of sulfonamides is 1. The van der Waals surface area contributed by atoms with Crippen LogP contribution in [0.4, 0.5) is 0 Å². The van der Waals surface area contributed by atoms with E-state index in [0.29, 0.717) is 36.0 Å². The van der Waals surface area contributed by atoms with E-state index in [-0.39, 0.29) is 0 Å². The SMILES string of the molecule is CS(=O)(=O)N1CCc2c(c(-c3ccc(Cl)c(C#Cc4ccc(CNCc5ccc(Cl)cc5)cc4)c3)nn2CCCN2CCC(c3ccccc3)CC2)C1. The molecule has 0 atom stereocenters. The maximum absolute atomic E-state index is 12.6. The van der Waals surface area contributed by atoms with Gasteiger partial charge in [0.1, 0.15) is 0 Å². The summed E-state index contributed by atoms with van der Waals surface area (Å²) in [6, 6.07) is 32.7. The van der Waals surface area contributed by atoms with E-state index in [2.05, 4.69) is 69.2 Å². The van der Waals surface area contributed by atoms with E-state index in [1.807, 2.05) is 54.6 Å². The zero-order chi connectivity index (χ0) is 36.8. The van der Waals surface area contributed by atoms with Crippen LogP contribution >= 0.6 is 23.2 Å². The number of aryl methyl sites for hydroxylation is 1. The van der Waals surface area contributed by atoms with Crippen molar-refractivity contribution < 1.29 is 8.42 Å². The molecule has 0 spiro atoms. The first-order valence-electron chi connectivity index (χ1n) is 18.4. The standard InChI is InChI=1S/C43H45Cl2N5O2S/c1-53(51,52)49-27-22-42-40(31-49)43(47-50(42)24-5-23-48-25-20-36(21-26-48)35-6-3-2-4-7-35)38-16-19-41(45)37(28-38)15-12-32-8-10-33(11-9-32)29-46-30-34-13-17-39(44)18-14-34/h2-4,6-11,13-14,16-19,28,36,46H,5,20-27,29-31H2,1H3. The number of piperidine rings is 1. The van der Waals surface area contributed by atoms with Gasteiger partial charge < -0.3 is 10.2 Å². The third-order valence-electron chi connectivity index (χ3n) is 10.4. The van der Waals surface area contributed by atoms with Crippen LogP contribution in [-0.4, -0.2) is 59.8 Å². The van der Waals surface area contributed by atoms with Gasteiger partial charge in [0, 0.05) is 72.1 Å². The van der Waals surface area contributed by atoms with Crippen LogP contribution in [0, 0.1) is 11.8 Å². The van der Waals surface area contributed by atoms with Gasteiger partial charge in [-0.25, -0.2) is 8.42 Å². The first kappa shape index (κ1) is 37.4. The number of hydrogen-bond donors (Lipinski definition) is 1. The average molecular weight is 767 g/mol. The molecule has 1 N–H and O–H groups in total. The third kappa shape index (κ3) is 9.60. The van der Waals surface area contributed by atoms with Crippen LogP contribution in [0.3, 0.4) is 0 Å². The summed E-state index contributed by atoms with van der Waals surface area (Å²) in [5, 5.41) is 9.90. The first-order valence-corrected chi connectivity index (χ1v) is 21.0. The molecule has 3 heterocycles. The molecule has 0 bridgehead atoms. The van der Waals surface area contributed by atoms with Gasteiger partial charge in [0.2, 0.25) is 10.0 Å². The monoisotopic (exact) mass is 765 g/mol. The predicted octanol–water partition coefficient (Wildman–Crippen LogP) is 8.13. The number of benzene rings is 4. The number of aromatic nitrogens is 2. The van der Waals surface area contributed by atoms with Crippen molar-refractivity contribution in [1.29, 1.82) is 0 Å². The summed E-state index contributed by atoms with van der Waals surface area (Å²) in [6.45, 7) is 6.27. The lowest BCUT2D eigenvalue weighted by Crippen LogP contribution is -2.36. The summed E-state index contributed by atoms with van der Waals surface area (Å²) in [5.41, 5.74) is 9.16. The van der Waals surface area contributed by atoms with Crippen LogP contribution < -0.4 is 5.32 Å². The van der Waals surface area contributed by atoms with Crippen molar-refractivity contribution >= 4 is 33.2 Å². The second-order valence-electron chi connectivity index (χ2n) is 14.1. The minimum absolute atomic E-state index is 0.307. The number of hydrogen-bond acceptors (Lipinski definition) is 5. The molecule has 53 heavy (non-hydrogen) atoms. The summed E-state index contributed by atoms with van der Waals surface area (Å²) >= 11 is 12.7. The fourth-order valence-corrected chi connectivity index (χ4v) is 8.47. The molecule has 1 fully saturated rings. The molecule has 7 rings (SSSR count). The highest BCUT2D eigenvalue weighted by atomic mass is 35.5. The van der Waals surface area contributed by atoms with Crippen molar-refractivity contribution in [1.82, 2.24) is 24.3 Å². The third-order valence-corrected chi connectivity index (χ3v) is 12.2. The Labute approximate surface area is 324 Å². The molecule has 4 aromatic carbocycles. The van der Waals surface area contributed by atoms with Crippen LogP contribution in [0.2, 0.25) is 10.0 Å². The molecule has 10 heteroatoms. The first-order chi connectivity index (χ1) is 25.7. The van der Waals surface area contributed by atoms with E-state index in [1.54, 1.807) is 4.31 Å². The van der Waals surface area contributed by atoms with Crippen LogP contribution in [0.15, 0.2) is 97.1 Å². The zero-order valence-corrected chi connectivity index (χ0v) is 32.4. The van der Waals surface area contributed by atoms with E-state index >= 15 is 0 Å². The summed E-state index contributed by atoms with van der Waals surface area (Å²) in [5.74, 6) is 7.19. The van der Waals surface area contributed by atoms with Gasteiger partial charge in [0.05, 0.1) is 17.0 Å². The van der Waals surface area contributed by atoms with E-state index in [9.17, 15) is 8.42 Å². The van der Waals surface area contributed by atoms with Crippen LogP contribution in [-0.2, 0) is 42.6 Å². The van der Waals surface area contributed by atoms with Gasteiger partial charge >= 0.3 is 0 Å². The number of likely N-dealkylation sites (tertiary alicyclic amines) is 1. The molecule has 0 unspecified atom stereocenters. The van der Waals surface area contributed by atoms with Crippen molar-refractivity contribution in [3.05, 3.63) is 146 Å². The highest BCUT2D eigenvalue weighted by Gasteiger charge is 2.30. The van der Waals surface area contributed by atoms with Crippen molar-refractivity contribution in [3.8, 4) is 23.1 Å². The summed E-state index contributed by atoms with van der Waals surface area (Å²) in [6.07, 6.45) is 5.26. The molecule has 1 saturated heterocycles. The summed E-state index contributed by atoms with van der Waals surface area (Å²) in [7, 11) is -3.35. The van der Waals surface area contributed by atoms with Crippen molar-refractivity contribution in [2.24, 2.45) is 0 Å². The van der Waals surface area contributed by atoms with Gasteiger partial charge in [-0.15, -0.1) is 0 Å². The molecule has 1 aromatic heterocycles. The van der Waals surface area contributed by atoms with Crippen LogP contribution in [0.1, 0.15) is 64.3 Å². The fraction of sp³-hybridized carbons (Fsp3) is 0.326. The van der Waals surface area contributed by atoms with E-state index in [1.165, 1.54) is 35.8 Å². The number of rotatable bonds is 11. The Bertz CT molecular complexity index is 2190. The summed E-state index contributed by atoms with van der Waals surface area (Å²) in [4.78, 5) is 2.57. The number of nitrogens with zero attached hydrogens (tertiary/aromatic N) is 4. The van der Waals surface area contributed by atoms with Gasteiger partial charge in [0.15, 0.2) is 0 Å². The molecule has 7 nitrogen and oxygen atoms in total. The van der Waals surface area contributed by atoms with Gasteiger partial charge in [-0.3, -0.25) is 4.68 Å². The smallest absolute Gasteiger partial charge is 0.211 e. The number of fused-ring (bicyclic) bond motifs is 1. The van der Waals surface area contributed by atoms with E-state index in [0.717, 1.165) is 78.8 Å². The van der Waals surface area contributed by atoms with Gasteiger partial charge in [-0.2, -0.15) is 9.40 Å². The largest absolute Gasteiger partial charge is 0.309 e. The molecule has 0 amide bonds. The Kier molecular flexibility index (Phi) is 12.0. The maximum atomic E-state index is 12.6. The highest BCUT2D eigenvalue weighted by molar-refractivity contribution is 7.88. The lowest BCUT2D eigenvalue weighted by Gasteiger charge is -2.32. The van der Waals surface area contributed by atoms with E-state index in [4.69, 9.17) is 28.3 Å². The normalized spacial score (nSPS) is 15.5. The Morgan fingerprint density at radius 2 is 1.53 bits per heavy atom. The fourth-order valence-electron chi connectivity index (χ4n) is 7.39. The summed E-state index contributed by atoms with van der Waals surface area (Å²) < 4.78 is 28.9. The topological polar surface area (TPSA) is 70.5 Å². The Morgan fingerprint density at radius 1 is 0.830 bits per heavy atom. The Morgan fingerprint density at radius 3 is 2.23 bits per heavy atom. The van der Waals surface area contributed by atoms with E-state index < -0.39 is 10.0 Å². The lowest BCUT2D eigenvalue weighted by atomic mass is 9.89. The Hall–Kier alpha value is -3.94. The van der Waals surface area contributed by atoms with Crippen molar-refractivity contribution in [3.63, 3.8) is 0 Å². The molecule has 2 aliphatic rings. The minimum atomic E-state index is -3.35. The predicted molar refractivity (Wildman–Crippen MR) is 216 cm³/mol. The minimum Gasteiger partial charge on any atom is -0.309 e. The van der Waals surface area contributed by atoms with Gasteiger partial charge in [0.25, 0.3) is 0 Å². The quantitative estimate of drug-likeness (QED) is 0.138. The lowest BCUT2D eigenvalue weighted by molar-refractivity contribution is 0.206. The van der Waals surface area contributed by atoms with Crippen LogP contribution in [0.5, 0.6) is 0 Å². The molecule has 2 aliphatic heterocycles. The molecular formula is C43H45Cl2N5O2S. The molecule has 0 saturated carbocycles. The van der Waals surface area contributed by atoms with Gasteiger partial charge in [-0.1, -0.05) is 95.7 Å². The van der Waals surface area contributed by atoms with Crippen LogP contribution in [0.25, 0.3) is 11.3 Å². The van der Waals surface area contributed by atoms with Crippen molar-refractivity contribution in [2.75, 3.05) is 32.4 Å². The molecule has 274 valence electrons. The second-order valence-corrected chi connectivity index (χ2v) is 16.9. The number of nitrogens with one attached hydrogen (secondary N) is 1.